The van der Waals surface area contributed by atoms with Crippen LogP contribution >= 0.6 is 0 Å². The van der Waals surface area contributed by atoms with Crippen molar-refractivity contribution in [2.24, 2.45) is 11.8 Å². The van der Waals surface area contributed by atoms with Crippen LogP contribution in [0, 0.1) is 17.7 Å². The molecule has 7 nitrogen and oxygen atoms in total. The van der Waals surface area contributed by atoms with E-state index >= 15 is 0 Å². The van der Waals surface area contributed by atoms with Crippen molar-refractivity contribution >= 4 is 15.9 Å². The van der Waals surface area contributed by atoms with Crippen LogP contribution in [0.1, 0.15) is 38.3 Å². The van der Waals surface area contributed by atoms with Gasteiger partial charge in [0.25, 0.3) is 0 Å². The van der Waals surface area contributed by atoms with E-state index < -0.39 is 10.0 Å². The molecule has 1 heterocycles. The summed E-state index contributed by atoms with van der Waals surface area (Å²) in [4.78, 5) is 13.1. The van der Waals surface area contributed by atoms with E-state index in [1.54, 1.807) is 18.2 Å². The van der Waals surface area contributed by atoms with Gasteiger partial charge in [-0.25, -0.2) is 12.8 Å². The number of nitrogens with zero attached hydrogens (tertiary/aromatic N) is 1. The molecule has 1 amide bonds. The molecule has 1 atom stereocenters. The maximum absolute atomic E-state index is 13.3. The molecule has 1 aliphatic heterocycles. The Bertz CT molecular complexity index is 1060. The third-order valence-corrected chi connectivity index (χ3v) is 7.91. The zero-order valence-corrected chi connectivity index (χ0v) is 20.2. The van der Waals surface area contributed by atoms with Crippen molar-refractivity contribution in [3.8, 4) is 11.5 Å². The Labute approximate surface area is 194 Å². The molecule has 1 N–H and O–H groups in total. The lowest BCUT2D eigenvalue weighted by molar-refractivity contribution is -0.127. The first-order valence-electron chi connectivity index (χ1n) is 11.0. The number of carbonyl (C=O) groups excluding carboxylic acids is 1. The zero-order chi connectivity index (χ0) is 24.2. The van der Waals surface area contributed by atoms with E-state index in [0.717, 1.165) is 5.56 Å². The van der Waals surface area contributed by atoms with Crippen molar-refractivity contribution in [1.29, 1.82) is 0 Å². The number of piperidine rings is 1. The highest BCUT2D eigenvalue weighted by molar-refractivity contribution is 7.89. The van der Waals surface area contributed by atoms with E-state index in [9.17, 15) is 17.6 Å². The molecule has 33 heavy (non-hydrogen) atoms. The smallest absolute Gasteiger partial charge is 0.243 e. The van der Waals surface area contributed by atoms with Crippen LogP contribution in [0.25, 0.3) is 0 Å². The summed E-state index contributed by atoms with van der Waals surface area (Å²) in [5.41, 5.74) is 0.841. The number of hydrogen-bond acceptors (Lipinski definition) is 5. The summed E-state index contributed by atoms with van der Waals surface area (Å²) < 4.78 is 51.3. The number of halogens is 1. The summed E-state index contributed by atoms with van der Waals surface area (Å²) in [6, 6.07) is 10.4. The summed E-state index contributed by atoms with van der Waals surface area (Å²) in [6.45, 7) is 4.48. The summed E-state index contributed by atoms with van der Waals surface area (Å²) in [7, 11) is -0.781. The summed E-state index contributed by atoms with van der Waals surface area (Å²) >= 11 is 0. The molecule has 0 spiro atoms. The molecule has 0 bridgehead atoms. The fourth-order valence-electron chi connectivity index (χ4n) is 4.06. The van der Waals surface area contributed by atoms with Crippen LogP contribution in [0.15, 0.2) is 47.4 Å². The van der Waals surface area contributed by atoms with Gasteiger partial charge in [0.05, 0.1) is 25.2 Å². The number of benzene rings is 2. The monoisotopic (exact) mass is 478 g/mol. The fraction of sp³-hybridized carbons (Fsp3) is 0.458. The number of carbonyl (C=O) groups is 1. The van der Waals surface area contributed by atoms with Gasteiger partial charge in [-0.1, -0.05) is 26.0 Å². The minimum atomic E-state index is -3.72. The van der Waals surface area contributed by atoms with E-state index in [1.807, 2.05) is 13.8 Å². The van der Waals surface area contributed by atoms with Gasteiger partial charge in [-0.15, -0.1) is 0 Å². The molecular formula is C24H31FN2O5S. The van der Waals surface area contributed by atoms with Gasteiger partial charge in [-0.2, -0.15) is 4.31 Å². The predicted molar refractivity (Wildman–Crippen MR) is 123 cm³/mol. The van der Waals surface area contributed by atoms with Crippen molar-refractivity contribution in [3.63, 3.8) is 0 Å². The third kappa shape index (κ3) is 5.65. The van der Waals surface area contributed by atoms with Crippen molar-refractivity contribution in [1.82, 2.24) is 9.62 Å². The number of methoxy groups -OCH3 is 2. The highest BCUT2D eigenvalue weighted by atomic mass is 32.2. The molecule has 2 aromatic carbocycles. The second-order valence-corrected chi connectivity index (χ2v) is 10.4. The number of nitrogens with one attached hydrogen (secondary N) is 1. The number of rotatable bonds is 8. The molecule has 1 fully saturated rings. The lowest BCUT2D eigenvalue weighted by Crippen LogP contribution is -2.44. The summed E-state index contributed by atoms with van der Waals surface area (Å²) in [6.07, 6.45) is 0.846. The fourth-order valence-corrected chi connectivity index (χ4v) is 5.55. The van der Waals surface area contributed by atoms with Gasteiger partial charge < -0.3 is 14.8 Å². The molecule has 0 aromatic heterocycles. The highest BCUT2D eigenvalue weighted by Gasteiger charge is 2.33. The summed E-state index contributed by atoms with van der Waals surface area (Å²) in [5, 5.41) is 3.08. The van der Waals surface area contributed by atoms with Crippen molar-refractivity contribution in [2.45, 2.75) is 37.6 Å². The van der Waals surface area contributed by atoms with E-state index in [4.69, 9.17) is 9.47 Å². The quantitative estimate of drug-likeness (QED) is 0.625. The highest BCUT2D eigenvalue weighted by Crippen LogP contribution is 2.32. The topological polar surface area (TPSA) is 84.9 Å². The minimum absolute atomic E-state index is 0.110. The second-order valence-electron chi connectivity index (χ2n) is 8.48. The van der Waals surface area contributed by atoms with Gasteiger partial charge in [0.15, 0.2) is 11.5 Å². The molecule has 0 saturated carbocycles. The Morgan fingerprint density at radius 3 is 2.18 bits per heavy atom. The lowest BCUT2D eigenvalue weighted by atomic mass is 9.92. The summed E-state index contributed by atoms with van der Waals surface area (Å²) in [5.74, 6) is 0.186. The number of hydrogen-bond donors (Lipinski definition) is 1. The first kappa shape index (κ1) is 25.0. The lowest BCUT2D eigenvalue weighted by Gasteiger charge is -2.32. The number of amides is 1. The minimum Gasteiger partial charge on any atom is -0.493 e. The van der Waals surface area contributed by atoms with Crippen LogP contribution in [0.2, 0.25) is 0 Å². The zero-order valence-electron chi connectivity index (χ0n) is 19.4. The SMILES string of the molecule is COc1ccc(S(=O)(=O)N2CCC(C(=O)NC(c3ccc(F)cc3)C(C)C)CC2)cc1OC. The van der Waals surface area contributed by atoms with Crippen molar-refractivity contribution in [3.05, 3.63) is 53.8 Å². The maximum atomic E-state index is 13.3. The van der Waals surface area contributed by atoms with Crippen molar-refractivity contribution < 1.29 is 27.1 Å². The molecule has 2 aromatic rings. The Kier molecular flexibility index (Phi) is 7.97. The second kappa shape index (κ2) is 10.5. The van der Waals surface area contributed by atoms with Gasteiger partial charge in [-0.05, 0) is 48.6 Å². The van der Waals surface area contributed by atoms with Gasteiger partial charge in [0.2, 0.25) is 15.9 Å². The average molecular weight is 479 g/mol. The molecule has 0 radical (unpaired) electrons. The van der Waals surface area contributed by atoms with Gasteiger partial charge >= 0.3 is 0 Å². The Hall–Kier alpha value is -2.65. The molecule has 9 heteroatoms. The third-order valence-electron chi connectivity index (χ3n) is 6.01. The average Bonchev–Trinajstić information content (AvgIpc) is 2.82. The van der Waals surface area contributed by atoms with Gasteiger partial charge in [0, 0.05) is 25.1 Å². The van der Waals surface area contributed by atoms with Gasteiger partial charge in [-0.3, -0.25) is 4.79 Å². The van der Waals surface area contributed by atoms with Crippen LogP contribution in [-0.4, -0.2) is 45.9 Å². The van der Waals surface area contributed by atoms with Crippen LogP contribution in [-0.2, 0) is 14.8 Å². The Balaban J connectivity index is 1.66. The van der Waals surface area contributed by atoms with Crippen LogP contribution in [0.3, 0.4) is 0 Å². The number of ether oxygens (including phenoxy) is 2. The van der Waals surface area contributed by atoms with Crippen LogP contribution in [0.4, 0.5) is 4.39 Å². The largest absolute Gasteiger partial charge is 0.493 e. The van der Waals surface area contributed by atoms with Crippen molar-refractivity contribution in [2.75, 3.05) is 27.3 Å². The molecule has 3 rings (SSSR count). The molecule has 180 valence electrons. The predicted octanol–water partition coefficient (Wildman–Crippen LogP) is 3.76. The molecule has 1 unspecified atom stereocenters. The van der Waals surface area contributed by atoms with Gasteiger partial charge in [0.1, 0.15) is 5.82 Å². The Morgan fingerprint density at radius 1 is 1.03 bits per heavy atom. The van der Waals surface area contributed by atoms with Crippen LogP contribution in [0.5, 0.6) is 11.5 Å². The first-order chi connectivity index (χ1) is 15.7. The normalized spacial score (nSPS) is 16.4. The van der Waals surface area contributed by atoms with E-state index in [2.05, 4.69) is 5.32 Å². The van der Waals surface area contributed by atoms with E-state index in [-0.39, 0.29) is 47.6 Å². The molecular weight excluding hydrogens is 447 g/mol. The maximum Gasteiger partial charge on any atom is 0.243 e. The molecule has 0 aliphatic carbocycles. The van der Waals surface area contributed by atoms with E-state index in [1.165, 1.54) is 42.8 Å². The molecule has 1 saturated heterocycles. The van der Waals surface area contributed by atoms with Crippen LogP contribution < -0.4 is 14.8 Å². The van der Waals surface area contributed by atoms with E-state index in [0.29, 0.717) is 24.3 Å². The first-order valence-corrected chi connectivity index (χ1v) is 12.4. The number of sulfonamides is 1. The Morgan fingerprint density at radius 2 is 1.64 bits per heavy atom. The molecule has 1 aliphatic rings. The standard InChI is InChI=1S/C24H31FN2O5S/c1-16(2)23(17-5-7-19(25)8-6-17)26-24(28)18-11-13-27(14-12-18)33(29,30)20-9-10-21(31-3)22(15-20)32-4/h5-10,15-16,18,23H,11-14H2,1-4H3,(H,26,28).